The Kier molecular flexibility index (Phi) is 3.84. The van der Waals surface area contributed by atoms with Crippen LogP contribution in [0.1, 0.15) is 26.3 Å². The molecule has 0 saturated heterocycles. The summed E-state index contributed by atoms with van der Waals surface area (Å²) < 4.78 is 0. The molecule has 0 aliphatic heterocycles. The van der Waals surface area contributed by atoms with Crippen LogP contribution in [-0.4, -0.2) is 33.2 Å². The smallest absolute Gasteiger partial charge is 0.335 e. The van der Waals surface area contributed by atoms with Crippen molar-refractivity contribution in [3.8, 4) is 0 Å². The van der Waals surface area contributed by atoms with Gasteiger partial charge in [-0.1, -0.05) is 12.1 Å². The molecule has 0 aliphatic rings. The molecule has 1 aromatic heterocycles. The van der Waals surface area contributed by atoms with Crippen molar-refractivity contribution in [2.75, 3.05) is 0 Å². The van der Waals surface area contributed by atoms with Crippen LogP contribution in [0.15, 0.2) is 53.9 Å². The maximum absolute atomic E-state index is 12.0. The number of carbonyl (C=O) groups is 2. The summed E-state index contributed by atoms with van der Waals surface area (Å²) in [6.45, 7) is 0. The van der Waals surface area contributed by atoms with Crippen molar-refractivity contribution >= 4 is 29.1 Å². The number of aromatic carboxylic acids is 1. The van der Waals surface area contributed by atoms with Crippen molar-refractivity contribution < 1.29 is 14.7 Å². The molecule has 0 spiro atoms. The highest BCUT2D eigenvalue weighted by Crippen LogP contribution is 2.11. The monoisotopic (exact) mass is 308 g/mol. The Morgan fingerprint density at radius 2 is 1.87 bits per heavy atom. The minimum absolute atomic E-state index is 0.194. The zero-order chi connectivity index (χ0) is 16.2. The number of carboxylic acids is 1. The average Bonchev–Trinajstić information content (AvgIpc) is 3.02. The highest BCUT2D eigenvalue weighted by atomic mass is 16.4. The lowest BCUT2D eigenvalue weighted by Gasteiger charge is -2.00. The Balaban J connectivity index is 1.66. The number of rotatable bonds is 4. The van der Waals surface area contributed by atoms with Crippen molar-refractivity contribution in [3.05, 3.63) is 65.5 Å². The zero-order valence-corrected chi connectivity index (χ0v) is 11.9. The first kappa shape index (κ1) is 14.5. The summed E-state index contributed by atoms with van der Waals surface area (Å²) in [6, 6.07) is 11.3. The average molecular weight is 308 g/mol. The largest absolute Gasteiger partial charge is 0.478 e. The number of nitrogens with one attached hydrogen (secondary N) is 2. The van der Waals surface area contributed by atoms with Crippen LogP contribution >= 0.6 is 0 Å². The van der Waals surface area contributed by atoms with Crippen LogP contribution in [0.4, 0.5) is 0 Å². The van der Waals surface area contributed by atoms with Gasteiger partial charge in [0.1, 0.15) is 0 Å². The van der Waals surface area contributed by atoms with Gasteiger partial charge in [0.25, 0.3) is 5.91 Å². The first-order chi connectivity index (χ1) is 11.1. The second kappa shape index (κ2) is 6.10. The first-order valence-corrected chi connectivity index (χ1v) is 6.73. The van der Waals surface area contributed by atoms with Crippen LogP contribution in [0.5, 0.6) is 0 Å². The number of nitrogens with zero attached hydrogens (tertiary/aromatic N) is 2. The van der Waals surface area contributed by atoms with Crippen LogP contribution in [-0.2, 0) is 0 Å². The Hall–Kier alpha value is -3.48. The number of amides is 1. The highest BCUT2D eigenvalue weighted by molar-refractivity contribution is 5.97. The molecule has 0 radical (unpaired) electrons. The molecule has 3 rings (SSSR count). The van der Waals surface area contributed by atoms with E-state index in [1.54, 1.807) is 36.7 Å². The Morgan fingerprint density at radius 3 is 2.61 bits per heavy atom. The predicted octanol–water partition coefficient (Wildman–Crippen LogP) is 2.02. The topological polar surface area (TPSA) is 107 Å². The lowest BCUT2D eigenvalue weighted by molar-refractivity contribution is 0.0696. The number of aromatic amines is 1. The number of benzene rings is 2. The molecule has 7 nitrogen and oxygen atoms in total. The maximum Gasteiger partial charge on any atom is 0.335 e. The second-order valence-corrected chi connectivity index (χ2v) is 4.76. The lowest BCUT2D eigenvalue weighted by Crippen LogP contribution is -2.17. The molecule has 0 atom stereocenters. The molecule has 0 saturated carbocycles. The van der Waals surface area contributed by atoms with Crippen LogP contribution < -0.4 is 5.43 Å². The third kappa shape index (κ3) is 3.24. The van der Waals surface area contributed by atoms with E-state index < -0.39 is 5.97 Å². The molecule has 7 heteroatoms. The quantitative estimate of drug-likeness (QED) is 0.506. The molecule has 114 valence electrons. The minimum Gasteiger partial charge on any atom is -0.478 e. The SMILES string of the molecule is O=C(O)c1ccc(C=NNC(=O)c2ccc3nc[nH]c3c2)cc1. The predicted molar refractivity (Wildman–Crippen MR) is 84.6 cm³/mol. The van der Waals surface area contributed by atoms with Crippen LogP contribution in [0, 0.1) is 0 Å². The van der Waals surface area contributed by atoms with Crippen molar-refractivity contribution in [1.82, 2.24) is 15.4 Å². The van der Waals surface area contributed by atoms with Gasteiger partial charge < -0.3 is 10.1 Å². The van der Waals surface area contributed by atoms with Crippen LogP contribution in [0.25, 0.3) is 11.0 Å². The van der Waals surface area contributed by atoms with Gasteiger partial charge in [0, 0.05) is 5.56 Å². The number of carbonyl (C=O) groups excluding carboxylic acids is 1. The highest BCUT2D eigenvalue weighted by Gasteiger charge is 2.06. The molecule has 1 amide bonds. The molecule has 2 aromatic carbocycles. The molecule has 3 aromatic rings. The summed E-state index contributed by atoms with van der Waals surface area (Å²) in [7, 11) is 0. The van der Waals surface area contributed by atoms with Crippen molar-refractivity contribution in [3.63, 3.8) is 0 Å². The number of hydrazone groups is 1. The molecule has 0 unspecified atom stereocenters. The maximum atomic E-state index is 12.0. The molecule has 0 fully saturated rings. The van der Waals surface area contributed by atoms with E-state index in [-0.39, 0.29) is 11.5 Å². The minimum atomic E-state index is -0.990. The fourth-order valence-corrected chi connectivity index (χ4v) is 2.02. The van der Waals surface area contributed by atoms with Crippen LogP contribution in [0.3, 0.4) is 0 Å². The standard InChI is InChI=1S/C16H12N4O3/c21-15(12-5-6-13-14(7-12)18-9-17-13)20-19-8-10-1-3-11(4-2-10)16(22)23/h1-9H,(H,17,18)(H,20,21)(H,22,23). The molecular formula is C16H12N4O3. The van der Waals surface area contributed by atoms with Gasteiger partial charge in [-0.2, -0.15) is 5.10 Å². The van der Waals surface area contributed by atoms with Gasteiger partial charge in [-0.15, -0.1) is 0 Å². The number of imidazole rings is 1. The van der Waals surface area contributed by atoms with E-state index in [4.69, 9.17) is 5.11 Å². The number of aromatic nitrogens is 2. The summed E-state index contributed by atoms with van der Waals surface area (Å²) in [6.07, 6.45) is 3.00. The van der Waals surface area contributed by atoms with Gasteiger partial charge in [-0.25, -0.2) is 15.2 Å². The van der Waals surface area contributed by atoms with Gasteiger partial charge >= 0.3 is 5.97 Å². The number of H-pyrrole nitrogens is 1. The van der Waals surface area contributed by atoms with E-state index in [1.165, 1.54) is 18.3 Å². The van der Waals surface area contributed by atoms with E-state index in [2.05, 4.69) is 20.5 Å². The van der Waals surface area contributed by atoms with E-state index in [9.17, 15) is 9.59 Å². The summed E-state index contributed by atoms with van der Waals surface area (Å²) in [5.41, 5.74) is 5.30. The van der Waals surface area contributed by atoms with Crippen molar-refractivity contribution in [2.24, 2.45) is 5.10 Å². The molecule has 0 bridgehead atoms. The third-order valence-electron chi connectivity index (χ3n) is 3.22. The summed E-state index contributed by atoms with van der Waals surface area (Å²) >= 11 is 0. The molecule has 1 heterocycles. The second-order valence-electron chi connectivity index (χ2n) is 4.76. The third-order valence-corrected chi connectivity index (χ3v) is 3.22. The Labute approximate surface area is 130 Å². The Bertz CT molecular complexity index is 897. The van der Waals surface area contributed by atoms with Gasteiger partial charge in [0.2, 0.25) is 0 Å². The number of fused-ring (bicyclic) bond motifs is 1. The van der Waals surface area contributed by atoms with Gasteiger partial charge in [-0.3, -0.25) is 4.79 Å². The van der Waals surface area contributed by atoms with E-state index in [0.717, 1.165) is 11.0 Å². The fourth-order valence-electron chi connectivity index (χ4n) is 2.02. The number of hydrogen-bond acceptors (Lipinski definition) is 4. The van der Waals surface area contributed by atoms with Crippen LogP contribution in [0.2, 0.25) is 0 Å². The summed E-state index contributed by atoms with van der Waals surface area (Å²) in [5.74, 6) is -1.34. The lowest BCUT2D eigenvalue weighted by atomic mass is 10.1. The van der Waals surface area contributed by atoms with Crippen molar-refractivity contribution in [1.29, 1.82) is 0 Å². The number of carboxylic acid groups (broad SMARTS) is 1. The van der Waals surface area contributed by atoms with Crippen molar-refractivity contribution in [2.45, 2.75) is 0 Å². The fraction of sp³-hybridized carbons (Fsp3) is 0. The van der Waals surface area contributed by atoms with Gasteiger partial charge in [0.15, 0.2) is 0 Å². The van der Waals surface area contributed by atoms with E-state index in [1.807, 2.05) is 0 Å². The molecule has 3 N–H and O–H groups in total. The van der Waals surface area contributed by atoms with E-state index in [0.29, 0.717) is 11.1 Å². The summed E-state index contributed by atoms with van der Waals surface area (Å²) in [4.78, 5) is 29.8. The normalized spacial score (nSPS) is 11.0. The number of hydrogen-bond donors (Lipinski definition) is 3. The first-order valence-electron chi connectivity index (χ1n) is 6.73. The van der Waals surface area contributed by atoms with Gasteiger partial charge in [0.05, 0.1) is 29.1 Å². The van der Waals surface area contributed by atoms with Gasteiger partial charge in [-0.05, 0) is 35.9 Å². The zero-order valence-electron chi connectivity index (χ0n) is 11.9. The Morgan fingerprint density at radius 1 is 1.13 bits per heavy atom. The molecule has 23 heavy (non-hydrogen) atoms. The molecular weight excluding hydrogens is 296 g/mol. The van der Waals surface area contributed by atoms with E-state index >= 15 is 0 Å². The molecule has 0 aliphatic carbocycles. The summed E-state index contributed by atoms with van der Waals surface area (Å²) in [5, 5.41) is 12.7.